The first kappa shape index (κ1) is 37.5. The average Bonchev–Trinajstić information content (AvgIpc) is 3.39. The molecular weight excluding hydrogens is 830 g/mol. The highest BCUT2D eigenvalue weighted by Gasteiger charge is 2.42. The second kappa shape index (κ2) is 14.4. The van der Waals surface area contributed by atoms with Crippen molar-refractivity contribution < 1.29 is 18.9 Å². The molecule has 4 aliphatic rings. The van der Waals surface area contributed by atoms with Gasteiger partial charge in [-0.1, -0.05) is 170 Å². The van der Waals surface area contributed by atoms with Gasteiger partial charge in [-0.15, -0.1) is 0 Å². The van der Waals surface area contributed by atoms with Crippen LogP contribution in [0.3, 0.4) is 0 Å². The fourth-order valence-electron chi connectivity index (χ4n) is 11.5. The van der Waals surface area contributed by atoms with Gasteiger partial charge in [0.1, 0.15) is 46.0 Å². The van der Waals surface area contributed by atoms with Crippen LogP contribution in [0.5, 0.6) is 46.0 Å². The van der Waals surface area contributed by atoms with Crippen molar-refractivity contribution in [3.8, 4) is 90.5 Å². The van der Waals surface area contributed by atoms with Gasteiger partial charge in [0.2, 0.25) is 0 Å². The first-order valence-corrected chi connectivity index (χ1v) is 23.3. The van der Waals surface area contributed by atoms with Crippen molar-refractivity contribution in [2.24, 2.45) is 0 Å². The molecule has 6 heteroatoms. The van der Waals surface area contributed by atoms with E-state index in [0.29, 0.717) is 0 Å². The lowest BCUT2D eigenvalue weighted by Gasteiger charge is -2.34. The summed E-state index contributed by atoms with van der Waals surface area (Å²) in [5, 5.41) is 4.76. The van der Waals surface area contributed by atoms with Crippen molar-refractivity contribution in [1.82, 2.24) is 0 Å². The summed E-state index contributed by atoms with van der Waals surface area (Å²) in [6, 6.07) is 77.7. The highest BCUT2D eigenvalue weighted by molar-refractivity contribution is 6.99. The maximum Gasteiger partial charge on any atom is 0.260 e. The molecule has 0 atom stereocenters. The van der Waals surface area contributed by atoms with Crippen molar-refractivity contribution in [2.45, 2.75) is 0 Å². The fraction of sp³-hybridized carbons (Fsp3) is 0. The van der Waals surface area contributed by atoms with Gasteiger partial charge in [-0.25, -0.2) is 0 Å². The Morgan fingerprint density at radius 1 is 0.235 bits per heavy atom. The lowest BCUT2D eigenvalue weighted by Crippen LogP contribution is -2.57. The molecule has 0 bridgehead atoms. The number of para-hydroxylation sites is 2. The molecule has 0 unspecified atom stereocenters. The van der Waals surface area contributed by atoms with Gasteiger partial charge in [-0.3, -0.25) is 0 Å². The van der Waals surface area contributed by atoms with E-state index in [-0.39, 0.29) is 13.4 Å². The highest BCUT2D eigenvalue weighted by Crippen LogP contribution is 2.44. The van der Waals surface area contributed by atoms with Crippen LogP contribution in [0, 0.1) is 0 Å². The van der Waals surface area contributed by atoms with Crippen LogP contribution in [0.2, 0.25) is 0 Å². The Hall–Kier alpha value is -8.73. The summed E-state index contributed by atoms with van der Waals surface area (Å²) in [6.07, 6.45) is 0. The molecule has 0 fully saturated rings. The number of hydrogen-bond acceptors (Lipinski definition) is 4. The van der Waals surface area contributed by atoms with Crippen LogP contribution in [-0.4, -0.2) is 13.4 Å². The van der Waals surface area contributed by atoms with E-state index in [2.05, 4.69) is 212 Å². The van der Waals surface area contributed by atoms with Crippen LogP contribution < -0.4 is 51.7 Å². The molecule has 0 aliphatic carbocycles. The van der Waals surface area contributed by atoms with Crippen LogP contribution in [0.1, 0.15) is 0 Å². The van der Waals surface area contributed by atoms with E-state index in [4.69, 9.17) is 18.9 Å². The summed E-state index contributed by atoms with van der Waals surface area (Å²) in [4.78, 5) is 0. The molecule has 11 aromatic carbocycles. The molecule has 0 radical (unpaired) electrons. The molecule has 4 heterocycles. The van der Waals surface area contributed by atoms with Gasteiger partial charge < -0.3 is 18.9 Å². The first-order valence-electron chi connectivity index (χ1n) is 23.3. The second-order valence-electron chi connectivity index (χ2n) is 18.2. The van der Waals surface area contributed by atoms with Gasteiger partial charge in [0.25, 0.3) is 13.4 Å². The van der Waals surface area contributed by atoms with Gasteiger partial charge in [-0.2, -0.15) is 0 Å². The predicted molar refractivity (Wildman–Crippen MR) is 279 cm³/mol. The molecular formula is C62H36B2O4. The Bertz CT molecular complexity index is 3950. The third-order valence-electron chi connectivity index (χ3n) is 14.5. The van der Waals surface area contributed by atoms with Crippen LogP contribution in [0.25, 0.3) is 66.1 Å². The van der Waals surface area contributed by atoms with Crippen molar-refractivity contribution >= 4 is 67.7 Å². The first-order chi connectivity index (χ1) is 33.7. The summed E-state index contributed by atoms with van der Waals surface area (Å²) < 4.78 is 27.6. The Kier molecular flexibility index (Phi) is 7.93. The highest BCUT2D eigenvalue weighted by atomic mass is 16.5. The number of rotatable bonds is 4. The third-order valence-corrected chi connectivity index (χ3v) is 14.5. The van der Waals surface area contributed by atoms with E-state index in [9.17, 15) is 0 Å². The van der Waals surface area contributed by atoms with E-state index in [1.54, 1.807) is 0 Å². The number of fused-ring (bicyclic) bond motifs is 10. The minimum atomic E-state index is -0.0592. The normalized spacial score (nSPS) is 13.1. The van der Waals surface area contributed by atoms with Crippen LogP contribution >= 0.6 is 0 Å². The average molecular weight is 867 g/mol. The zero-order valence-electron chi connectivity index (χ0n) is 36.6. The molecule has 0 saturated heterocycles. The monoisotopic (exact) mass is 866 g/mol. The molecule has 314 valence electrons. The second-order valence-corrected chi connectivity index (χ2v) is 18.2. The van der Waals surface area contributed by atoms with Crippen LogP contribution in [0.15, 0.2) is 218 Å². The van der Waals surface area contributed by atoms with E-state index in [1.165, 1.54) is 32.7 Å². The van der Waals surface area contributed by atoms with Gasteiger partial charge in [-0.05, 0) is 136 Å². The van der Waals surface area contributed by atoms with Gasteiger partial charge >= 0.3 is 0 Å². The van der Waals surface area contributed by atoms with E-state index in [1.807, 2.05) is 6.07 Å². The summed E-state index contributed by atoms with van der Waals surface area (Å²) >= 11 is 0. The minimum absolute atomic E-state index is 0.0451. The van der Waals surface area contributed by atoms with Crippen LogP contribution in [-0.2, 0) is 0 Å². The summed E-state index contributed by atoms with van der Waals surface area (Å²) in [6.45, 7) is -0.104. The number of ether oxygens (including phenoxy) is 4. The summed E-state index contributed by atoms with van der Waals surface area (Å²) in [7, 11) is 0. The van der Waals surface area contributed by atoms with E-state index < -0.39 is 0 Å². The SMILES string of the molecule is c1ccc(-c2ccc(-c3cc4c5c(c3)Oc3cc(-c6ccc7c(c6)Oc6cc(-c8cccc9ccccc89)cc8c6B7c6ccccc6O8)ccc3B5c3ccccc3O4)c3ccccc23)cc1. The Morgan fingerprint density at radius 3 is 1.19 bits per heavy atom. The topological polar surface area (TPSA) is 36.9 Å². The third kappa shape index (κ3) is 5.58. The summed E-state index contributed by atoms with van der Waals surface area (Å²) in [5.41, 5.74) is 15.4. The molecule has 0 aromatic heterocycles. The maximum atomic E-state index is 7.08. The van der Waals surface area contributed by atoms with Crippen molar-refractivity contribution in [3.63, 3.8) is 0 Å². The maximum absolute atomic E-state index is 7.08. The van der Waals surface area contributed by atoms with Crippen molar-refractivity contribution in [3.05, 3.63) is 218 Å². The predicted octanol–water partition coefficient (Wildman–Crippen LogP) is 12.1. The van der Waals surface area contributed by atoms with Crippen molar-refractivity contribution in [1.29, 1.82) is 0 Å². The molecule has 0 spiro atoms. The number of hydrogen-bond donors (Lipinski definition) is 0. The molecule has 15 rings (SSSR count). The Labute approximate surface area is 393 Å². The van der Waals surface area contributed by atoms with E-state index >= 15 is 0 Å². The Balaban J connectivity index is 0.849. The molecule has 11 aromatic rings. The molecule has 0 N–H and O–H groups in total. The lowest BCUT2D eigenvalue weighted by atomic mass is 9.34. The standard InChI is InChI=1S/C62H36B2O4/c1-2-13-37(14-3-1)45-27-28-46(48-19-7-6-18-47(45)48)42-35-58-62-60(36-42)68-56-32-40(26-30-52(56)64(62)50-22-9-11-24-54(50)66-58)39-25-29-51-55(31-39)67-59-34-41(44-20-12-16-38-15-4-5-17-43(38)44)33-57-61(59)63(51)49-21-8-10-23-53(49)65-57/h1-36H. The van der Waals surface area contributed by atoms with Crippen LogP contribution in [0.4, 0.5) is 0 Å². The van der Waals surface area contributed by atoms with Crippen molar-refractivity contribution in [2.75, 3.05) is 0 Å². The lowest BCUT2D eigenvalue weighted by molar-refractivity contribution is 0.464. The smallest absolute Gasteiger partial charge is 0.260 e. The number of benzene rings is 11. The molecule has 0 amide bonds. The quantitative estimate of drug-likeness (QED) is 0.165. The molecule has 68 heavy (non-hydrogen) atoms. The minimum Gasteiger partial charge on any atom is -0.458 e. The Morgan fingerprint density at radius 2 is 0.632 bits per heavy atom. The van der Waals surface area contributed by atoms with Gasteiger partial charge in [0.15, 0.2) is 0 Å². The largest absolute Gasteiger partial charge is 0.458 e. The zero-order valence-corrected chi connectivity index (χ0v) is 36.6. The molecule has 4 nitrogen and oxygen atoms in total. The summed E-state index contributed by atoms with van der Waals surface area (Å²) in [5.74, 6) is 6.66. The fourth-order valence-corrected chi connectivity index (χ4v) is 11.5. The zero-order chi connectivity index (χ0) is 44.5. The molecule has 4 aliphatic heterocycles. The molecule has 0 saturated carbocycles. The van der Waals surface area contributed by atoms with E-state index in [0.717, 1.165) is 112 Å². The van der Waals surface area contributed by atoms with Gasteiger partial charge in [0.05, 0.1) is 0 Å². The van der Waals surface area contributed by atoms with Gasteiger partial charge in [0, 0.05) is 10.9 Å².